The SMILES string of the molecule is CC(=O)Nc1ncc(S(=O)(=O)N2CCCC(Oc3ccnc(C)c3)C2)s1. The minimum atomic E-state index is -3.66. The zero-order valence-electron chi connectivity index (χ0n) is 14.5. The summed E-state index contributed by atoms with van der Waals surface area (Å²) in [6.45, 7) is 3.94. The average molecular weight is 396 g/mol. The lowest BCUT2D eigenvalue weighted by Crippen LogP contribution is -2.44. The summed E-state index contributed by atoms with van der Waals surface area (Å²) in [5.41, 5.74) is 0.845. The predicted molar refractivity (Wildman–Crippen MR) is 97.8 cm³/mol. The molecular formula is C16H20N4O4S2. The molecule has 1 saturated heterocycles. The lowest BCUT2D eigenvalue weighted by molar-refractivity contribution is -0.114. The highest BCUT2D eigenvalue weighted by atomic mass is 32.2. The summed E-state index contributed by atoms with van der Waals surface area (Å²) >= 11 is 0.947. The van der Waals surface area contributed by atoms with E-state index in [4.69, 9.17) is 4.74 Å². The monoisotopic (exact) mass is 396 g/mol. The minimum Gasteiger partial charge on any atom is -0.489 e. The highest BCUT2D eigenvalue weighted by Crippen LogP contribution is 2.28. The first-order valence-electron chi connectivity index (χ1n) is 8.17. The van der Waals surface area contributed by atoms with Crippen molar-refractivity contribution >= 4 is 32.4 Å². The van der Waals surface area contributed by atoms with E-state index in [1.165, 1.54) is 17.4 Å². The molecule has 0 spiro atoms. The molecule has 0 saturated carbocycles. The van der Waals surface area contributed by atoms with Crippen LogP contribution in [0.25, 0.3) is 0 Å². The Labute approximate surface area is 156 Å². The van der Waals surface area contributed by atoms with E-state index in [0.717, 1.165) is 23.5 Å². The highest BCUT2D eigenvalue weighted by Gasteiger charge is 2.32. The van der Waals surface area contributed by atoms with Gasteiger partial charge >= 0.3 is 0 Å². The second-order valence-electron chi connectivity index (χ2n) is 6.04. The predicted octanol–water partition coefficient (Wildman–Crippen LogP) is 2.04. The number of carbonyl (C=O) groups is 1. The van der Waals surface area contributed by atoms with Gasteiger partial charge in [0, 0.05) is 31.4 Å². The molecule has 2 aromatic rings. The quantitative estimate of drug-likeness (QED) is 0.830. The summed E-state index contributed by atoms with van der Waals surface area (Å²) in [6.07, 6.45) is 4.23. The number of thiazole rings is 1. The normalized spacial score (nSPS) is 18.5. The molecule has 1 amide bonds. The number of pyridine rings is 1. The van der Waals surface area contributed by atoms with Crippen molar-refractivity contribution in [3.8, 4) is 5.75 Å². The van der Waals surface area contributed by atoms with Gasteiger partial charge in [0.05, 0.1) is 12.7 Å². The van der Waals surface area contributed by atoms with E-state index in [2.05, 4.69) is 15.3 Å². The molecule has 2 aromatic heterocycles. The zero-order chi connectivity index (χ0) is 18.7. The van der Waals surface area contributed by atoms with Crippen LogP contribution in [0, 0.1) is 6.92 Å². The maximum atomic E-state index is 12.9. The number of amides is 1. The Kier molecular flexibility index (Phi) is 5.54. The Morgan fingerprint density at radius 3 is 2.96 bits per heavy atom. The lowest BCUT2D eigenvalue weighted by atomic mass is 10.1. The van der Waals surface area contributed by atoms with Crippen LogP contribution in [-0.2, 0) is 14.8 Å². The molecule has 0 radical (unpaired) electrons. The number of piperidine rings is 1. The molecule has 8 nitrogen and oxygen atoms in total. The van der Waals surface area contributed by atoms with Crippen molar-refractivity contribution < 1.29 is 17.9 Å². The highest BCUT2D eigenvalue weighted by molar-refractivity contribution is 7.91. The molecule has 0 aliphatic carbocycles. The Balaban J connectivity index is 1.71. The van der Waals surface area contributed by atoms with E-state index in [1.54, 1.807) is 12.3 Å². The number of aromatic nitrogens is 2. The van der Waals surface area contributed by atoms with Crippen molar-refractivity contribution in [2.45, 2.75) is 37.0 Å². The largest absolute Gasteiger partial charge is 0.489 e. The van der Waals surface area contributed by atoms with E-state index >= 15 is 0 Å². The van der Waals surface area contributed by atoms with Gasteiger partial charge in [0.15, 0.2) is 9.34 Å². The third-order valence-corrected chi connectivity index (χ3v) is 7.09. The number of carbonyl (C=O) groups excluding carboxylic acids is 1. The van der Waals surface area contributed by atoms with Crippen LogP contribution in [0.2, 0.25) is 0 Å². The first-order chi connectivity index (χ1) is 12.3. The summed E-state index contributed by atoms with van der Waals surface area (Å²) in [4.78, 5) is 19.2. The Hall–Kier alpha value is -2.04. The number of rotatable bonds is 5. The first kappa shape index (κ1) is 18.7. The zero-order valence-corrected chi connectivity index (χ0v) is 16.1. The summed E-state index contributed by atoms with van der Waals surface area (Å²) < 4.78 is 33.2. The van der Waals surface area contributed by atoms with Crippen molar-refractivity contribution in [1.29, 1.82) is 0 Å². The fraction of sp³-hybridized carbons (Fsp3) is 0.438. The molecule has 3 heterocycles. The van der Waals surface area contributed by atoms with Gasteiger partial charge in [-0.1, -0.05) is 11.3 Å². The molecule has 1 unspecified atom stereocenters. The van der Waals surface area contributed by atoms with Crippen molar-refractivity contribution in [2.24, 2.45) is 0 Å². The van der Waals surface area contributed by atoms with Crippen LogP contribution in [0.15, 0.2) is 28.7 Å². The smallest absolute Gasteiger partial charge is 0.254 e. The molecule has 140 valence electrons. The summed E-state index contributed by atoms with van der Waals surface area (Å²) in [5, 5.41) is 2.77. The lowest BCUT2D eigenvalue weighted by Gasteiger charge is -2.31. The molecule has 1 N–H and O–H groups in total. The number of hydrogen-bond donors (Lipinski definition) is 1. The van der Waals surface area contributed by atoms with Gasteiger partial charge in [-0.15, -0.1) is 0 Å². The Bertz CT molecular complexity index is 897. The second kappa shape index (κ2) is 7.68. The van der Waals surface area contributed by atoms with Gasteiger partial charge in [0.2, 0.25) is 5.91 Å². The maximum absolute atomic E-state index is 12.9. The average Bonchev–Trinajstić information content (AvgIpc) is 3.03. The van der Waals surface area contributed by atoms with Crippen molar-refractivity contribution in [3.63, 3.8) is 0 Å². The van der Waals surface area contributed by atoms with E-state index < -0.39 is 10.0 Å². The third-order valence-electron chi connectivity index (χ3n) is 3.87. The number of hydrogen-bond acceptors (Lipinski definition) is 7. The van der Waals surface area contributed by atoms with E-state index in [0.29, 0.717) is 18.7 Å². The number of aryl methyl sites for hydroxylation is 1. The number of sulfonamides is 1. The fourth-order valence-electron chi connectivity index (χ4n) is 2.72. The van der Waals surface area contributed by atoms with Crippen molar-refractivity contribution in [2.75, 3.05) is 18.4 Å². The first-order valence-corrected chi connectivity index (χ1v) is 10.4. The number of nitrogens with zero attached hydrogens (tertiary/aromatic N) is 3. The number of nitrogens with one attached hydrogen (secondary N) is 1. The van der Waals surface area contributed by atoms with Gasteiger partial charge in [-0.25, -0.2) is 13.4 Å². The number of ether oxygens (including phenoxy) is 1. The van der Waals surface area contributed by atoms with E-state index in [-0.39, 0.29) is 27.9 Å². The van der Waals surface area contributed by atoms with Gasteiger partial charge in [-0.2, -0.15) is 4.31 Å². The van der Waals surface area contributed by atoms with Crippen LogP contribution < -0.4 is 10.1 Å². The van der Waals surface area contributed by atoms with Gasteiger partial charge in [-0.05, 0) is 25.8 Å². The molecule has 0 aromatic carbocycles. The summed E-state index contributed by atoms with van der Waals surface area (Å²) in [6, 6.07) is 3.60. The Morgan fingerprint density at radius 1 is 1.42 bits per heavy atom. The molecule has 1 aliphatic heterocycles. The maximum Gasteiger partial charge on any atom is 0.254 e. The molecule has 26 heavy (non-hydrogen) atoms. The van der Waals surface area contributed by atoms with Gasteiger partial charge in [0.25, 0.3) is 10.0 Å². The van der Waals surface area contributed by atoms with Gasteiger partial charge < -0.3 is 10.1 Å². The summed E-state index contributed by atoms with van der Waals surface area (Å²) in [5.74, 6) is 0.398. The van der Waals surface area contributed by atoms with Crippen molar-refractivity contribution in [3.05, 3.63) is 30.2 Å². The molecular weight excluding hydrogens is 376 g/mol. The van der Waals surface area contributed by atoms with E-state index in [1.807, 2.05) is 13.0 Å². The molecule has 0 bridgehead atoms. The second-order valence-corrected chi connectivity index (χ2v) is 9.24. The van der Waals surface area contributed by atoms with Crippen LogP contribution in [0.5, 0.6) is 5.75 Å². The van der Waals surface area contributed by atoms with Crippen LogP contribution in [0.1, 0.15) is 25.5 Å². The standard InChI is InChI=1S/C16H20N4O4S2/c1-11-8-13(5-6-17-11)24-14-4-3-7-20(10-14)26(22,23)15-9-18-16(25-15)19-12(2)21/h5-6,8-9,14H,3-4,7,10H2,1-2H3,(H,18,19,21). The van der Waals surface area contributed by atoms with Crippen LogP contribution in [0.4, 0.5) is 5.13 Å². The van der Waals surface area contributed by atoms with Crippen LogP contribution >= 0.6 is 11.3 Å². The van der Waals surface area contributed by atoms with Crippen LogP contribution in [0.3, 0.4) is 0 Å². The van der Waals surface area contributed by atoms with Gasteiger partial charge in [0.1, 0.15) is 11.9 Å². The van der Waals surface area contributed by atoms with Gasteiger partial charge in [-0.3, -0.25) is 9.78 Å². The van der Waals surface area contributed by atoms with Crippen LogP contribution in [-0.4, -0.2) is 47.8 Å². The molecule has 1 fully saturated rings. The fourth-order valence-corrected chi connectivity index (χ4v) is 5.46. The van der Waals surface area contributed by atoms with E-state index in [9.17, 15) is 13.2 Å². The topological polar surface area (TPSA) is 101 Å². The molecule has 1 aliphatic rings. The summed E-state index contributed by atoms with van der Waals surface area (Å²) in [7, 11) is -3.66. The minimum absolute atomic E-state index is 0.113. The third kappa shape index (κ3) is 4.37. The number of anilines is 1. The Morgan fingerprint density at radius 2 is 2.23 bits per heavy atom. The molecule has 10 heteroatoms. The van der Waals surface area contributed by atoms with Crippen molar-refractivity contribution in [1.82, 2.24) is 14.3 Å². The molecule has 1 atom stereocenters. The molecule has 3 rings (SSSR count).